The Kier molecular flexibility index (Phi) is 12.8. The number of aliphatic hydroxyl groups is 1. The van der Waals surface area contributed by atoms with E-state index in [0.717, 1.165) is 32.1 Å². The number of carbonyl (C=O) groups is 2. The fourth-order valence-corrected chi connectivity index (χ4v) is 6.16. The van der Waals surface area contributed by atoms with Crippen LogP contribution in [0.5, 0.6) is 0 Å². The SMILES string of the molecule is CCCCC(C)(C)CCC[C@@H]1[C@@H](CC/C=C\C=C(O)C(=O)OC)[C@@H](OC(=O)c2ccccc2)C[C@H]1Br. The first-order chi connectivity index (χ1) is 17.2. The summed E-state index contributed by atoms with van der Waals surface area (Å²) in [6.45, 7) is 6.98. The van der Waals surface area contributed by atoms with Gasteiger partial charge in [-0.2, -0.15) is 0 Å². The summed E-state index contributed by atoms with van der Waals surface area (Å²) in [5.74, 6) is -0.787. The molecule has 6 heteroatoms. The second-order valence-corrected chi connectivity index (χ2v) is 11.8. The predicted octanol–water partition coefficient (Wildman–Crippen LogP) is 7.95. The van der Waals surface area contributed by atoms with E-state index in [-0.39, 0.29) is 18.0 Å². The van der Waals surface area contributed by atoms with Crippen molar-refractivity contribution < 1.29 is 24.2 Å². The van der Waals surface area contributed by atoms with E-state index in [0.29, 0.717) is 21.7 Å². The Balaban J connectivity index is 2.06. The quantitative estimate of drug-likeness (QED) is 0.0818. The summed E-state index contributed by atoms with van der Waals surface area (Å²) in [6, 6.07) is 9.16. The number of unbranched alkanes of at least 4 members (excludes halogenated alkanes) is 1. The van der Waals surface area contributed by atoms with E-state index in [4.69, 9.17) is 4.74 Å². The zero-order valence-electron chi connectivity index (χ0n) is 22.3. The van der Waals surface area contributed by atoms with Gasteiger partial charge in [0.05, 0.1) is 12.7 Å². The van der Waals surface area contributed by atoms with Gasteiger partial charge in [0.15, 0.2) is 0 Å². The maximum atomic E-state index is 12.8. The Labute approximate surface area is 225 Å². The van der Waals surface area contributed by atoms with E-state index < -0.39 is 11.7 Å². The highest BCUT2D eigenvalue weighted by Gasteiger charge is 2.43. The van der Waals surface area contributed by atoms with Gasteiger partial charge < -0.3 is 14.6 Å². The van der Waals surface area contributed by atoms with Crippen LogP contribution in [0.25, 0.3) is 0 Å². The van der Waals surface area contributed by atoms with Gasteiger partial charge in [0.1, 0.15) is 6.10 Å². The number of allylic oxidation sites excluding steroid dienone is 3. The van der Waals surface area contributed by atoms with Crippen LogP contribution in [0.3, 0.4) is 0 Å². The van der Waals surface area contributed by atoms with Crippen LogP contribution in [0, 0.1) is 17.3 Å². The van der Waals surface area contributed by atoms with Crippen molar-refractivity contribution in [1.82, 2.24) is 0 Å². The van der Waals surface area contributed by atoms with Crippen LogP contribution in [-0.4, -0.2) is 35.1 Å². The van der Waals surface area contributed by atoms with Crippen molar-refractivity contribution in [2.45, 2.75) is 89.5 Å². The van der Waals surface area contributed by atoms with E-state index in [1.165, 1.54) is 38.9 Å². The average Bonchev–Trinajstić information content (AvgIpc) is 3.15. The van der Waals surface area contributed by atoms with Crippen molar-refractivity contribution in [2.24, 2.45) is 17.3 Å². The van der Waals surface area contributed by atoms with Crippen LogP contribution < -0.4 is 0 Å². The molecule has 200 valence electrons. The Bertz CT molecular complexity index is 877. The minimum Gasteiger partial charge on any atom is -0.502 e. The topological polar surface area (TPSA) is 72.8 Å². The molecule has 2 rings (SSSR count). The van der Waals surface area contributed by atoms with Gasteiger partial charge in [0.25, 0.3) is 0 Å². The van der Waals surface area contributed by atoms with Crippen molar-refractivity contribution in [2.75, 3.05) is 7.11 Å². The molecule has 1 aromatic rings. The molecule has 0 amide bonds. The van der Waals surface area contributed by atoms with Gasteiger partial charge >= 0.3 is 11.9 Å². The molecule has 0 aromatic heterocycles. The van der Waals surface area contributed by atoms with Crippen LogP contribution >= 0.6 is 15.9 Å². The molecule has 0 heterocycles. The summed E-state index contributed by atoms with van der Waals surface area (Å²) in [7, 11) is 1.23. The van der Waals surface area contributed by atoms with Crippen molar-refractivity contribution in [3.8, 4) is 0 Å². The second kappa shape index (κ2) is 15.2. The number of benzene rings is 1. The number of ether oxygens (including phenoxy) is 2. The number of halogens is 1. The van der Waals surface area contributed by atoms with Crippen LogP contribution in [0.1, 0.15) is 88.9 Å². The van der Waals surface area contributed by atoms with Gasteiger partial charge in [-0.25, -0.2) is 9.59 Å². The fraction of sp³-hybridized carbons (Fsp3) is 0.600. The number of esters is 2. The van der Waals surface area contributed by atoms with Crippen LogP contribution in [0.15, 0.2) is 54.3 Å². The largest absolute Gasteiger partial charge is 0.502 e. The second-order valence-electron chi connectivity index (χ2n) is 10.6. The van der Waals surface area contributed by atoms with E-state index in [1.54, 1.807) is 18.2 Å². The van der Waals surface area contributed by atoms with Crippen molar-refractivity contribution in [1.29, 1.82) is 0 Å². The first-order valence-corrected chi connectivity index (χ1v) is 14.1. The Morgan fingerprint density at radius 2 is 1.81 bits per heavy atom. The van der Waals surface area contributed by atoms with Crippen LogP contribution in [-0.2, 0) is 14.3 Å². The molecule has 1 N–H and O–H groups in total. The Morgan fingerprint density at radius 1 is 1.11 bits per heavy atom. The predicted molar refractivity (Wildman–Crippen MR) is 148 cm³/mol. The maximum absolute atomic E-state index is 12.8. The Morgan fingerprint density at radius 3 is 2.47 bits per heavy atom. The first kappa shape index (κ1) is 30.1. The van der Waals surface area contributed by atoms with Crippen LogP contribution in [0.4, 0.5) is 0 Å². The molecule has 0 bridgehead atoms. The lowest BCUT2D eigenvalue weighted by atomic mass is 9.79. The van der Waals surface area contributed by atoms with E-state index in [9.17, 15) is 14.7 Å². The molecule has 0 radical (unpaired) electrons. The summed E-state index contributed by atoms with van der Waals surface area (Å²) in [5.41, 5.74) is 0.925. The van der Waals surface area contributed by atoms with E-state index >= 15 is 0 Å². The molecule has 4 atom stereocenters. The first-order valence-electron chi connectivity index (χ1n) is 13.2. The lowest BCUT2D eigenvalue weighted by Crippen LogP contribution is -2.26. The standard InChI is InChI=1S/C30H43BrO5/c1-5-6-19-30(2,3)20-13-17-23-24(16-11-8-12-18-26(32)29(34)35-4)27(21-25(23)31)36-28(33)22-14-9-7-10-15-22/h7-10,12,14-15,18,23-25,27,32H,5-6,11,13,16-17,19-21H2,1-4H3/b12-8-,26-18?/t23-,24-,25-,27+/m1/s1. The molecule has 36 heavy (non-hydrogen) atoms. The van der Waals surface area contributed by atoms with Crippen molar-refractivity contribution >= 4 is 27.9 Å². The zero-order chi connectivity index (χ0) is 26.6. The van der Waals surface area contributed by atoms with E-state index in [1.807, 2.05) is 24.3 Å². The number of hydrogen-bond donors (Lipinski definition) is 1. The number of methoxy groups -OCH3 is 1. The highest BCUT2D eigenvalue weighted by Crippen LogP contribution is 2.45. The summed E-state index contributed by atoms with van der Waals surface area (Å²) in [6.07, 6.45) is 14.4. The molecular formula is C30H43BrO5. The third-order valence-corrected chi connectivity index (χ3v) is 8.32. The van der Waals surface area contributed by atoms with Gasteiger partial charge in [-0.05, 0) is 68.1 Å². The highest BCUT2D eigenvalue weighted by molar-refractivity contribution is 9.09. The summed E-state index contributed by atoms with van der Waals surface area (Å²) < 4.78 is 10.5. The van der Waals surface area contributed by atoms with Gasteiger partial charge in [0.2, 0.25) is 5.76 Å². The highest BCUT2D eigenvalue weighted by atomic mass is 79.9. The molecule has 0 aliphatic heterocycles. The number of aliphatic hydroxyl groups excluding tert-OH is 1. The fourth-order valence-electron chi connectivity index (χ4n) is 5.14. The third kappa shape index (κ3) is 9.76. The van der Waals surface area contributed by atoms with Crippen molar-refractivity contribution in [3.05, 3.63) is 59.9 Å². The smallest absolute Gasteiger partial charge is 0.373 e. The van der Waals surface area contributed by atoms with Gasteiger partial charge in [-0.15, -0.1) is 0 Å². The van der Waals surface area contributed by atoms with Gasteiger partial charge in [-0.1, -0.05) is 86.3 Å². The average molecular weight is 564 g/mol. The summed E-state index contributed by atoms with van der Waals surface area (Å²) in [4.78, 5) is 24.5. The summed E-state index contributed by atoms with van der Waals surface area (Å²) >= 11 is 3.92. The van der Waals surface area contributed by atoms with Crippen LogP contribution in [0.2, 0.25) is 0 Å². The molecule has 1 aromatic carbocycles. The normalized spacial score (nSPS) is 22.6. The lowest BCUT2D eigenvalue weighted by Gasteiger charge is -2.28. The number of carbonyl (C=O) groups excluding carboxylic acids is 2. The monoisotopic (exact) mass is 562 g/mol. The number of hydrogen-bond acceptors (Lipinski definition) is 5. The van der Waals surface area contributed by atoms with Crippen molar-refractivity contribution in [3.63, 3.8) is 0 Å². The molecule has 0 spiro atoms. The molecule has 0 saturated heterocycles. The number of alkyl halides is 1. The van der Waals surface area contributed by atoms with Gasteiger partial charge in [-0.3, -0.25) is 0 Å². The molecule has 5 nitrogen and oxygen atoms in total. The minimum atomic E-state index is -0.757. The maximum Gasteiger partial charge on any atom is 0.373 e. The van der Waals surface area contributed by atoms with E-state index in [2.05, 4.69) is 41.4 Å². The molecule has 0 unspecified atom stereocenters. The number of rotatable bonds is 14. The molecule has 1 saturated carbocycles. The lowest BCUT2D eigenvalue weighted by molar-refractivity contribution is -0.139. The summed E-state index contributed by atoms with van der Waals surface area (Å²) in [5, 5.41) is 9.64. The van der Waals surface area contributed by atoms with Gasteiger partial charge in [0, 0.05) is 10.7 Å². The third-order valence-electron chi connectivity index (χ3n) is 7.27. The molecule has 1 aliphatic rings. The molecule has 1 fully saturated rings. The molecule has 1 aliphatic carbocycles. The minimum absolute atomic E-state index is 0.146. The molecular weight excluding hydrogens is 520 g/mol. The zero-order valence-corrected chi connectivity index (χ0v) is 23.8. The Hall–Kier alpha value is -2.08.